The van der Waals surface area contributed by atoms with Crippen molar-refractivity contribution in [3.8, 4) is 0 Å². The minimum Gasteiger partial charge on any atom is -0.465 e. The first-order chi connectivity index (χ1) is 10.7. The highest BCUT2D eigenvalue weighted by atomic mass is 16.5. The van der Waals surface area contributed by atoms with E-state index in [0.717, 1.165) is 17.3 Å². The molecule has 4 heteroatoms. The van der Waals surface area contributed by atoms with E-state index >= 15 is 0 Å². The minimum absolute atomic E-state index is 0.0539. The number of hydrogen-bond acceptors (Lipinski definition) is 3. The Morgan fingerprint density at radius 3 is 2.68 bits per heavy atom. The van der Waals surface area contributed by atoms with Gasteiger partial charge in [0, 0.05) is 18.0 Å². The molecule has 1 heterocycles. The molecule has 3 rings (SSSR count). The summed E-state index contributed by atoms with van der Waals surface area (Å²) in [5, 5.41) is 0.767. The molecule has 1 saturated carbocycles. The van der Waals surface area contributed by atoms with Crippen molar-refractivity contribution in [2.75, 3.05) is 7.11 Å². The number of hydrogen-bond donors (Lipinski definition) is 0. The third kappa shape index (κ3) is 2.78. The van der Waals surface area contributed by atoms with E-state index in [-0.39, 0.29) is 5.91 Å². The van der Waals surface area contributed by atoms with E-state index in [0.29, 0.717) is 17.9 Å². The summed E-state index contributed by atoms with van der Waals surface area (Å²) in [6, 6.07) is 7.46. The zero-order valence-electron chi connectivity index (χ0n) is 12.9. The number of carbonyl (C=O) groups is 2. The smallest absolute Gasteiger partial charge is 0.340 e. The number of fused-ring (bicyclic) bond motifs is 1. The molecule has 116 valence electrons. The first-order valence-corrected chi connectivity index (χ1v) is 7.92. The molecule has 1 aromatic heterocycles. The molecule has 0 amide bonds. The van der Waals surface area contributed by atoms with Gasteiger partial charge < -0.3 is 4.74 Å². The van der Waals surface area contributed by atoms with Gasteiger partial charge in [-0.25, -0.2) is 4.79 Å². The normalized spacial score (nSPS) is 15.3. The van der Waals surface area contributed by atoms with Gasteiger partial charge in [-0.2, -0.15) is 0 Å². The molecule has 1 aliphatic rings. The van der Waals surface area contributed by atoms with Crippen LogP contribution in [0.2, 0.25) is 0 Å². The number of rotatable bonds is 4. The van der Waals surface area contributed by atoms with E-state index < -0.39 is 5.97 Å². The molecular formula is C18H21NO3. The first-order valence-electron chi connectivity index (χ1n) is 7.92. The van der Waals surface area contributed by atoms with Crippen LogP contribution >= 0.6 is 0 Å². The van der Waals surface area contributed by atoms with Crippen LogP contribution in [-0.4, -0.2) is 23.6 Å². The van der Waals surface area contributed by atoms with Crippen LogP contribution in [0.25, 0.3) is 10.9 Å². The lowest BCUT2D eigenvalue weighted by Crippen LogP contribution is -2.11. The largest absolute Gasteiger partial charge is 0.465 e. The standard InChI is InChI=1S/C18H21NO3/c1-22-18(21)15-12-19(16-9-5-4-8-14(15)16)17(20)11-10-13-6-2-3-7-13/h4-5,8-9,12-13H,2-3,6-7,10-11H2,1H3. The van der Waals surface area contributed by atoms with Crippen molar-refractivity contribution < 1.29 is 14.3 Å². The van der Waals surface area contributed by atoms with Gasteiger partial charge in [-0.15, -0.1) is 0 Å². The van der Waals surface area contributed by atoms with Gasteiger partial charge in [0.05, 0.1) is 18.2 Å². The fourth-order valence-electron chi connectivity index (χ4n) is 3.41. The molecule has 0 N–H and O–H groups in total. The van der Waals surface area contributed by atoms with Gasteiger partial charge in [0.25, 0.3) is 0 Å². The first kappa shape index (κ1) is 14.8. The Morgan fingerprint density at radius 1 is 1.23 bits per heavy atom. The molecule has 1 aromatic carbocycles. The Kier molecular flexibility index (Phi) is 4.27. The minimum atomic E-state index is -0.404. The van der Waals surface area contributed by atoms with Crippen LogP contribution in [0, 0.1) is 5.92 Å². The van der Waals surface area contributed by atoms with Crippen molar-refractivity contribution >= 4 is 22.8 Å². The maximum absolute atomic E-state index is 12.6. The summed E-state index contributed by atoms with van der Waals surface area (Å²) in [4.78, 5) is 24.4. The van der Waals surface area contributed by atoms with E-state index in [2.05, 4.69) is 0 Å². The molecule has 0 unspecified atom stereocenters. The zero-order chi connectivity index (χ0) is 15.5. The third-order valence-electron chi connectivity index (χ3n) is 4.63. The molecule has 0 spiro atoms. The topological polar surface area (TPSA) is 48.3 Å². The van der Waals surface area contributed by atoms with Crippen molar-refractivity contribution in [2.24, 2.45) is 5.92 Å². The number of nitrogens with zero attached hydrogens (tertiary/aromatic N) is 1. The van der Waals surface area contributed by atoms with E-state index in [1.807, 2.05) is 24.3 Å². The fraction of sp³-hybridized carbons (Fsp3) is 0.444. The second-order valence-electron chi connectivity index (χ2n) is 6.00. The van der Waals surface area contributed by atoms with Crippen LogP contribution in [0.5, 0.6) is 0 Å². The van der Waals surface area contributed by atoms with E-state index in [4.69, 9.17) is 4.74 Å². The van der Waals surface area contributed by atoms with Crippen LogP contribution in [0.15, 0.2) is 30.5 Å². The molecule has 0 saturated heterocycles. The van der Waals surface area contributed by atoms with Crippen molar-refractivity contribution in [2.45, 2.75) is 38.5 Å². The lowest BCUT2D eigenvalue weighted by atomic mass is 10.0. The summed E-state index contributed by atoms with van der Waals surface area (Å²) in [6.45, 7) is 0. The summed E-state index contributed by atoms with van der Waals surface area (Å²) >= 11 is 0. The second-order valence-corrected chi connectivity index (χ2v) is 6.00. The molecule has 1 fully saturated rings. The summed E-state index contributed by atoms with van der Waals surface area (Å²) in [7, 11) is 1.36. The van der Waals surface area contributed by atoms with Gasteiger partial charge in [-0.05, 0) is 18.4 Å². The van der Waals surface area contributed by atoms with E-state index in [1.54, 1.807) is 10.8 Å². The number of ether oxygens (including phenoxy) is 1. The van der Waals surface area contributed by atoms with Gasteiger partial charge >= 0.3 is 5.97 Å². The number of methoxy groups -OCH3 is 1. The van der Waals surface area contributed by atoms with Crippen LogP contribution in [-0.2, 0) is 4.74 Å². The predicted molar refractivity (Wildman–Crippen MR) is 85.1 cm³/mol. The molecule has 0 radical (unpaired) electrons. The summed E-state index contributed by atoms with van der Waals surface area (Å²) < 4.78 is 6.42. The number of benzene rings is 1. The Morgan fingerprint density at radius 2 is 1.95 bits per heavy atom. The Labute approximate surface area is 130 Å². The molecule has 0 aliphatic heterocycles. The van der Waals surface area contributed by atoms with E-state index in [9.17, 15) is 9.59 Å². The number of aromatic nitrogens is 1. The average Bonchev–Trinajstić information content (AvgIpc) is 3.19. The third-order valence-corrected chi connectivity index (χ3v) is 4.63. The highest BCUT2D eigenvalue weighted by molar-refractivity contribution is 6.07. The molecular weight excluding hydrogens is 278 g/mol. The van der Waals surface area contributed by atoms with Crippen molar-refractivity contribution in [1.82, 2.24) is 4.57 Å². The number of carbonyl (C=O) groups excluding carboxylic acids is 2. The van der Waals surface area contributed by atoms with Crippen LogP contribution in [0.3, 0.4) is 0 Å². The Balaban J connectivity index is 1.86. The lowest BCUT2D eigenvalue weighted by molar-refractivity contribution is 0.0603. The van der Waals surface area contributed by atoms with Crippen molar-refractivity contribution in [3.63, 3.8) is 0 Å². The predicted octanol–water partition coefficient (Wildman–Crippen LogP) is 4.04. The highest BCUT2D eigenvalue weighted by Gasteiger charge is 2.20. The molecule has 2 aromatic rings. The van der Waals surface area contributed by atoms with Gasteiger partial charge in [-0.3, -0.25) is 9.36 Å². The Hall–Kier alpha value is -2.10. The quantitative estimate of drug-likeness (QED) is 0.801. The van der Waals surface area contributed by atoms with E-state index in [1.165, 1.54) is 32.8 Å². The highest BCUT2D eigenvalue weighted by Crippen LogP contribution is 2.29. The number of esters is 1. The summed E-state index contributed by atoms with van der Waals surface area (Å²) in [5.41, 5.74) is 1.23. The van der Waals surface area contributed by atoms with Crippen LogP contribution < -0.4 is 0 Å². The van der Waals surface area contributed by atoms with Gasteiger partial charge in [-0.1, -0.05) is 43.9 Å². The average molecular weight is 299 g/mol. The second kappa shape index (κ2) is 6.34. The molecule has 22 heavy (non-hydrogen) atoms. The van der Waals surface area contributed by atoms with Crippen LogP contribution in [0.1, 0.15) is 53.7 Å². The lowest BCUT2D eigenvalue weighted by Gasteiger charge is -2.08. The Bertz CT molecular complexity index is 695. The molecule has 0 bridgehead atoms. The summed E-state index contributed by atoms with van der Waals surface area (Å²) in [5.74, 6) is 0.336. The monoisotopic (exact) mass is 299 g/mol. The zero-order valence-corrected chi connectivity index (χ0v) is 12.9. The van der Waals surface area contributed by atoms with Gasteiger partial charge in [0.2, 0.25) is 5.91 Å². The SMILES string of the molecule is COC(=O)c1cn(C(=O)CCC2CCCC2)c2ccccc12. The summed E-state index contributed by atoms with van der Waals surface area (Å²) in [6.07, 6.45) is 8.16. The molecule has 0 atom stereocenters. The maximum atomic E-state index is 12.6. The number of para-hydroxylation sites is 1. The van der Waals surface area contributed by atoms with Crippen molar-refractivity contribution in [1.29, 1.82) is 0 Å². The van der Waals surface area contributed by atoms with Gasteiger partial charge in [0.15, 0.2) is 0 Å². The van der Waals surface area contributed by atoms with Gasteiger partial charge in [0.1, 0.15) is 0 Å². The molecule has 1 aliphatic carbocycles. The maximum Gasteiger partial charge on any atom is 0.340 e. The molecule has 4 nitrogen and oxygen atoms in total. The fourth-order valence-corrected chi connectivity index (χ4v) is 3.41. The van der Waals surface area contributed by atoms with Crippen molar-refractivity contribution in [3.05, 3.63) is 36.0 Å². The van der Waals surface area contributed by atoms with Crippen LogP contribution in [0.4, 0.5) is 0 Å².